The van der Waals surface area contributed by atoms with E-state index in [1.54, 1.807) is 13.2 Å². The minimum atomic E-state index is -3.14. The Morgan fingerprint density at radius 3 is 2.85 bits per heavy atom. The van der Waals surface area contributed by atoms with Crippen molar-refractivity contribution in [2.45, 2.75) is 6.42 Å². The topological polar surface area (TPSA) is 85.4 Å². The number of hydrogen-bond donors (Lipinski definition) is 1. The summed E-state index contributed by atoms with van der Waals surface area (Å²) in [6, 6.07) is 5.51. The number of nitrogens with one attached hydrogen (secondary N) is 1. The summed E-state index contributed by atoms with van der Waals surface area (Å²) in [4.78, 5) is 15.9. The van der Waals surface area contributed by atoms with Crippen LogP contribution in [0.3, 0.4) is 0 Å². The molecule has 0 radical (unpaired) electrons. The van der Waals surface area contributed by atoms with E-state index in [2.05, 4.69) is 10.3 Å². The van der Waals surface area contributed by atoms with Crippen molar-refractivity contribution >= 4 is 42.4 Å². The number of rotatable bonds is 5. The number of hydrogen-bond acceptors (Lipinski definition) is 6. The normalized spacial score (nSPS) is 11.5. The summed E-state index contributed by atoms with van der Waals surface area (Å²) in [5, 5.41) is 3.04. The number of nitrogens with zero attached hydrogens (tertiary/aromatic N) is 1. The molecular weight excluding hydrogens is 300 g/mol. The number of anilines is 1. The van der Waals surface area contributed by atoms with Gasteiger partial charge in [-0.25, -0.2) is 13.4 Å². The molecule has 1 aromatic heterocycles. The predicted molar refractivity (Wildman–Crippen MR) is 79.1 cm³/mol. The summed E-state index contributed by atoms with van der Waals surface area (Å²) in [5.41, 5.74) is 0.679. The molecule has 1 N–H and O–H groups in total. The van der Waals surface area contributed by atoms with Crippen molar-refractivity contribution < 1.29 is 17.9 Å². The Kier molecular flexibility index (Phi) is 4.24. The van der Waals surface area contributed by atoms with Crippen molar-refractivity contribution in [2.75, 3.05) is 24.4 Å². The summed E-state index contributed by atoms with van der Waals surface area (Å²) in [5.74, 6) is 0.0939. The molecule has 0 fully saturated rings. The summed E-state index contributed by atoms with van der Waals surface area (Å²) < 4.78 is 28.1. The van der Waals surface area contributed by atoms with Crippen molar-refractivity contribution in [2.24, 2.45) is 0 Å². The number of para-hydroxylation sites is 1. The van der Waals surface area contributed by atoms with E-state index >= 15 is 0 Å². The van der Waals surface area contributed by atoms with Gasteiger partial charge in [-0.1, -0.05) is 17.4 Å². The van der Waals surface area contributed by atoms with Gasteiger partial charge < -0.3 is 10.1 Å². The second-order valence-corrected chi connectivity index (χ2v) is 7.54. The molecule has 0 aliphatic carbocycles. The van der Waals surface area contributed by atoms with Crippen molar-refractivity contribution in [3.8, 4) is 5.75 Å². The van der Waals surface area contributed by atoms with Crippen LogP contribution < -0.4 is 10.1 Å². The van der Waals surface area contributed by atoms with Gasteiger partial charge in [-0.2, -0.15) is 0 Å². The Labute approximate surface area is 120 Å². The number of benzene rings is 1. The van der Waals surface area contributed by atoms with Crippen LogP contribution in [0, 0.1) is 0 Å². The first-order valence-corrected chi connectivity index (χ1v) is 8.68. The van der Waals surface area contributed by atoms with Crippen LogP contribution in [0.4, 0.5) is 5.13 Å². The third-order valence-corrected chi connectivity index (χ3v) is 4.43. The molecule has 1 aromatic carbocycles. The standard InChI is InChI=1S/C12H14N2O4S2/c1-18-8-4-3-5-9-11(8)14-12(19-9)13-10(15)6-7-20(2,16)17/h3-5H,6-7H2,1-2H3,(H,13,14,15). The van der Waals surface area contributed by atoms with Crippen LogP contribution in [-0.2, 0) is 14.6 Å². The van der Waals surface area contributed by atoms with E-state index in [0.717, 1.165) is 11.0 Å². The summed E-state index contributed by atoms with van der Waals surface area (Å²) >= 11 is 1.32. The van der Waals surface area contributed by atoms with Gasteiger partial charge in [-0.05, 0) is 12.1 Å². The zero-order valence-electron chi connectivity index (χ0n) is 11.0. The number of sulfone groups is 1. The van der Waals surface area contributed by atoms with E-state index in [1.165, 1.54) is 11.3 Å². The second kappa shape index (κ2) is 5.76. The first-order valence-electron chi connectivity index (χ1n) is 5.80. The number of carbonyl (C=O) groups excluding carboxylic acids is 1. The third kappa shape index (κ3) is 3.67. The minimum absolute atomic E-state index is 0.0775. The lowest BCUT2D eigenvalue weighted by Crippen LogP contribution is -2.16. The van der Waals surface area contributed by atoms with E-state index < -0.39 is 9.84 Å². The van der Waals surface area contributed by atoms with Gasteiger partial charge in [-0.15, -0.1) is 0 Å². The molecule has 0 saturated heterocycles. The van der Waals surface area contributed by atoms with Gasteiger partial charge in [0.05, 0.1) is 17.6 Å². The van der Waals surface area contributed by atoms with E-state index in [-0.39, 0.29) is 18.1 Å². The van der Waals surface area contributed by atoms with Gasteiger partial charge >= 0.3 is 0 Å². The minimum Gasteiger partial charge on any atom is -0.494 e. The van der Waals surface area contributed by atoms with Crippen molar-refractivity contribution in [1.29, 1.82) is 0 Å². The first kappa shape index (κ1) is 14.7. The van der Waals surface area contributed by atoms with Gasteiger partial charge in [0.2, 0.25) is 5.91 Å². The third-order valence-electron chi connectivity index (χ3n) is 2.55. The zero-order chi connectivity index (χ0) is 14.8. The molecule has 0 atom stereocenters. The molecular formula is C12H14N2O4S2. The molecule has 0 bridgehead atoms. The van der Waals surface area contributed by atoms with Crippen molar-refractivity contribution in [3.05, 3.63) is 18.2 Å². The monoisotopic (exact) mass is 314 g/mol. The lowest BCUT2D eigenvalue weighted by molar-refractivity contribution is -0.115. The first-order chi connectivity index (χ1) is 9.39. The predicted octanol–water partition coefficient (Wildman–Crippen LogP) is 1.68. The smallest absolute Gasteiger partial charge is 0.227 e. The highest BCUT2D eigenvalue weighted by Gasteiger charge is 2.12. The Balaban J connectivity index is 2.12. The quantitative estimate of drug-likeness (QED) is 0.907. The van der Waals surface area contributed by atoms with Crippen molar-refractivity contribution in [3.63, 3.8) is 0 Å². The molecule has 1 heterocycles. The number of carbonyl (C=O) groups is 1. The number of amides is 1. The van der Waals surface area contributed by atoms with Gasteiger partial charge in [0.15, 0.2) is 5.13 Å². The Hall–Kier alpha value is -1.67. The molecule has 2 aromatic rings. The SMILES string of the molecule is COc1cccc2sc(NC(=O)CCS(C)(=O)=O)nc12. The summed E-state index contributed by atoms with van der Waals surface area (Å²) in [6.07, 6.45) is 1.02. The van der Waals surface area contributed by atoms with Crippen LogP contribution in [0.1, 0.15) is 6.42 Å². The fraction of sp³-hybridized carbons (Fsp3) is 0.333. The maximum atomic E-state index is 11.7. The fourth-order valence-corrected chi connectivity index (χ4v) is 3.06. The Bertz CT molecular complexity index is 737. The average Bonchev–Trinajstić information content (AvgIpc) is 2.77. The fourth-order valence-electron chi connectivity index (χ4n) is 1.60. The molecule has 1 amide bonds. The molecule has 0 spiro atoms. The zero-order valence-corrected chi connectivity index (χ0v) is 12.7. The average molecular weight is 314 g/mol. The molecule has 8 heteroatoms. The number of ether oxygens (including phenoxy) is 1. The van der Waals surface area contributed by atoms with Gasteiger partial charge in [-0.3, -0.25) is 4.79 Å². The molecule has 0 aliphatic rings. The maximum absolute atomic E-state index is 11.7. The summed E-state index contributed by atoms with van der Waals surface area (Å²) in [6.45, 7) is 0. The highest BCUT2D eigenvalue weighted by atomic mass is 32.2. The molecule has 0 aliphatic heterocycles. The Morgan fingerprint density at radius 1 is 1.45 bits per heavy atom. The van der Waals surface area contributed by atoms with Gasteiger partial charge in [0.25, 0.3) is 0 Å². The van der Waals surface area contributed by atoms with Crippen LogP contribution in [0.5, 0.6) is 5.75 Å². The molecule has 0 unspecified atom stereocenters. The van der Waals surface area contributed by atoms with E-state index in [4.69, 9.17) is 4.74 Å². The largest absolute Gasteiger partial charge is 0.494 e. The molecule has 108 valence electrons. The number of thiazole rings is 1. The van der Waals surface area contributed by atoms with Gasteiger partial charge in [0, 0.05) is 12.7 Å². The van der Waals surface area contributed by atoms with Crippen molar-refractivity contribution in [1.82, 2.24) is 4.98 Å². The lowest BCUT2D eigenvalue weighted by Gasteiger charge is -2.00. The van der Waals surface area contributed by atoms with Crippen LogP contribution in [0.2, 0.25) is 0 Å². The van der Waals surface area contributed by atoms with Crippen LogP contribution in [0.15, 0.2) is 18.2 Å². The second-order valence-electron chi connectivity index (χ2n) is 4.25. The number of methoxy groups -OCH3 is 1. The highest BCUT2D eigenvalue weighted by molar-refractivity contribution is 7.90. The highest BCUT2D eigenvalue weighted by Crippen LogP contribution is 2.32. The van der Waals surface area contributed by atoms with E-state index in [1.807, 2.05) is 12.1 Å². The Morgan fingerprint density at radius 2 is 2.20 bits per heavy atom. The molecule has 6 nitrogen and oxygen atoms in total. The van der Waals surface area contributed by atoms with Crippen LogP contribution >= 0.6 is 11.3 Å². The van der Waals surface area contributed by atoms with Crippen LogP contribution in [0.25, 0.3) is 10.2 Å². The lowest BCUT2D eigenvalue weighted by atomic mass is 10.3. The molecule has 20 heavy (non-hydrogen) atoms. The van der Waals surface area contributed by atoms with E-state index in [0.29, 0.717) is 16.4 Å². The number of fused-ring (bicyclic) bond motifs is 1. The molecule has 0 saturated carbocycles. The maximum Gasteiger partial charge on any atom is 0.227 e. The van der Waals surface area contributed by atoms with Crippen LogP contribution in [-0.4, -0.2) is 38.4 Å². The molecule has 2 rings (SSSR count). The van der Waals surface area contributed by atoms with E-state index in [9.17, 15) is 13.2 Å². The number of aromatic nitrogens is 1. The summed E-state index contributed by atoms with van der Waals surface area (Å²) in [7, 11) is -1.59. The van der Waals surface area contributed by atoms with Gasteiger partial charge in [0.1, 0.15) is 21.1 Å².